The largest absolute Gasteiger partial charge is 0.274 e. The van der Waals surface area contributed by atoms with Crippen LogP contribution in [0.5, 0.6) is 0 Å². The van der Waals surface area contributed by atoms with Gasteiger partial charge in [0, 0.05) is 21.1 Å². The molecular weight excluding hydrogens is 448 g/mol. The molecule has 0 saturated carbocycles. The van der Waals surface area contributed by atoms with Gasteiger partial charge in [0.15, 0.2) is 0 Å². The summed E-state index contributed by atoms with van der Waals surface area (Å²) in [6.07, 6.45) is -0.0349. The molecule has 0 unspecified atom stereocenters. The highest BCUT2D eigenvalue weighted by Gasteiger charge is 2.19. The molecule has 0 saturated heterocycles. The lowest BCUT2D eigenvalue weighted by Crippen LogP contribution is -2.31. The minimum absolute atomic E-state index is 0.0320. The number of amides is 1. The summed E-state index contributed by atoms with van der Waals surface area (Å²) in [4.78, 5) is 16.7. The van der Waals surface area contributed by atoms with Gasteiger partial charge in [0.25, 0.3) is 10.0 Å². The topological polar surface area (TPSA) is 76.1 Å². The van der Waals surface area contributed by atoms with Crippen LogP contribution in [0, 0.1) is 13.8 Å². The summed E-state index contributed by atoms with van der Waals surface area (Å²) in [7, 11) is -3.96. The molecular formula is C19H17BrN2O3S2. The number of carbonyl (C=O) groups is 1. The number of carbonyl (C=O) groups excluding carboxylic acids is 1. The maximum atomic E-state index is 12.6. The van der Waals surface area contributed by atoms with Gasteiger partial charge < -0.3 is 0 Å². The van der Waals surface area contributed by atoms with Crippen LogP contribution in [0.15, 0.2) is 57.2 Å². The van der Waals surface area contributed by atoms with E-state index in [1.54, 1.807) is 18.2 Å². The molecule has 2 aromatic carbocycles. The van der Waals surface area contributed by atoms with Gasteiger partial charge in [-0.2, -0.15) is 0 Å². The number of rotatable bonds is 5. The van der Waals surface area contributed by atoms with Gasteiger partial charge in [0.2, 0.25) is 5.91 Å². The van der Waals surface area contributed by atoms with Crippen molar-refractivity contribution in [1.29, 1.82) is 0 Å². The number of aryl methyl sites for hydroxylation is 2. The van der Waals surface area contributed by atoms with E-state index in [9.17, 15) is 13.2 Å². The van der Waals surface area contributed by atoms with E-state index in [1.807, 2.05) is 31.4 Å². The van der Waals surface area contributed by atoms with Crippen molar-refractivity contribution in [2.24, 2.45) is 0 Å². The quantitative estimate of drug-likeness (QED) is 0.612. The van der Waals surface area contributed by atoms with Crippen molar-refractivity contribution in [3.05, 3.63) is 69.1 Å². The Labute approximate surface area is 170 Å². The summed E-state index contributed by atoms with van der Waals surface area (Å²) in [5.74, 6) is -0.586. The summed E-state index contributed by atoms with van der Waals surface area (Å²) in [5, 5.41) is 2.64. The van der Waals surface area contributed by atoms with Crippen molar-refractivity contribution < 1.29 is 13.2 Å². The molecule has 8 heteroatoms. The molecule has 1 amide bonds. The van der Waals surface area contributed by atoms with Crippen LogP contribution >= 0.6 is 27.3 Å². The Morgan fingerprint density at radius 3 is 2.63 bits per heavy atom. The fraction of sp³-hybridized carbons (Fsp3) is 0.158. The maximum Gasteiger partial charge on any atom is 0.264 e. The highest BCUT2D eigenvalue weighted by Crippen LogP contribution is 2.26. The lowest BCUT2D eigenvalue weighted by atomic mass is 10.1. The van der Waals surface area contributed by atoms with E-state index < -0.39 is 15.9 Å². The third-order valence-corrected chi connectivity index (χ3v) is 7.40. The lowest BCUT2D eigenvalue weighted by molar-refractivity contribution is -0.118. The van der Waals surface area contributed by atoms with Gasteiger partial charge in [-0.15, -0.1) is 11.3 Å². The van der Waals surface area contributed by atoms with Crippen LogP contribution in [0.4, 0.5) is 0 Å². The zero-order valence-electron chi connectivity index (χ0n) is 14.7. The summed E-state index contributed by atoms with van der Waals surface area (Å²) in [6, 6.07) is 11.9. The zero-order chi connectivity index (χ0) is 19.6. The highest BCUT2D eigenvalue weighted by molar-refractivity contribution is 9.10. The maximum absolute atomic E-state index is 12.6. The molecule has 0 fully saturated rings. The number of nitrogens with zero attached hydrogens (tertiary/aromatic N) is 1. The average Bonchev–Trinajstić information content (AvgIpc) is 3.05. The van der Waals surface area contributed by atoms with Gasteiger partial charge in [-0.1, -0.05) is 46.3 Å². The van der Waals surface area contributed by atoms with Crippen molar-refractivity contribution >= 4 is 43.2 Å². The molecule has 1 heterocycles. The Morgan fingerprint density at radius 2 is 1.93 bits per heavy atom. The third-order valence-electron chi connectivity index (χ3n) is 3.88. The number of hydrogen-bond acceptors (Lipinski definition) is 5. The predicted octanol–water partition coefficient (Wildman–Crippen LogP) is 4.24. The minimum atomic E-state index is -3.96. The van der Waals surface area contributed by atoms with E-state index in [0.29, 0.717) is 5.56 Å². The number of thiazole rings is 1. The van der Waals surface area contributed by atoms with Crippen LogP contribution in [0.1, 0.15) is 16.8 Å². The fourth-order valence-corrected chi connectivity index (χ4v) is 4.77. The zero-order valence-corrected chi connectivity index (χ0v) is 17.9. The number of benzene rings is 2. The van der Waals surface area contributed by atoms with E-state index in [1.165, 1.54) is 23.5 Å². The number of nitrogens with one attached hydrogen (secondary N) is 1. The Kier molecular flexibility index (Phi) is 5.78. The molecule has 0 atom stereocenters. The van der Waals surface area contributed by atoms with E-state index in [-0.39, 0.29) is 11.3 Å². The predicted molar refractivity (Wildman–Crippen MR) is 110 cm³/mol. The van der Waals surface area contributed by atoms with Gasteiger partial charge in [-0.05, 0) is 37.1 Å². The SMILES string of the molecule is Cc1csc(-c2cccc(S(=O)(=O)NC(=O)Cc3cccc(C)c3Br)c2)n1. The Bertz CT molecular complexity index is 1110. The van der Waals surface area contributed by atoms with Crippen LogP contribution < -0.4 is 4.72 Å². The average molecular weight is 465 g/mol. The second-order valence-corrected chi connectivity index (χ2v) is 9.41. The summed E-state index contributed by atoms with van der Waals surface area (Å²) >= 11 is 4.88. The third kappa shape index (κ3) is 4.63. The van der Waals surface area contributed by atoms with Gasteiger partial charge in [0.05, 0.1) is 11.3 Å². The molecule has 1 N–H and O–H groups in total. The van der Waals surface area contributed by atoms with E-state index in [0.717, 1.165) is 26.3 Å². The molecule has 3 rings (SSSR count). The van der Waals surface area contributed by atoms with Crippen molar-refractivity contribution in [3.8, 4) is 10.6 Å². The monoisotopic (exact) mass is 464 g/mol. The first kappa shape index (κ1) is 19.7. The van der Waals surface area contributed by atoms with Crippen LogP contribution in [0.2, 0.25) is 0 Å². The first-order valence-electron chi connectivity index (χ1n) is 8.08. The van der Waals surface area contributed by atoms with Crippen molar-refractivity contribution in [2.75, 3.05) is 0 Å². The number of sulfonamides is 1. The standard InChI is InChI=1S/C19H17BrN2O3S2/c1-12-5-3-6-14(18(12)20)10-17(23)22-27(24,25)16-8-4-7-15(9-16)19-21-13(2)11-26-19/h3-9,11H,10H2,1-2H3,(H,22,23). The van der Waals surface area contributed by atoms with Crippen molar-refractivity contribution in [3.63, 3.8) is 0 Å². The van der Waals surface area contributed by atoms with Crippen molar-refractivity contribution in [1.82, 2.24) is 9.71 Å². The molecule has 3 aromatic rings. The van der Waals surface area contributed by atoms with Crippen LogP contribution in [-0.2, 0) is 21.2 Å². The summed E-state index contributed by atoms with van der Waals surface area (Å²) in [6.45, 7) is 3.79. The van der Waals surface area contributed by atoms with Gasteiger partial charge in [-0.3, -0.25) is 4.79 Å². The molecule has 0 aliphatic rings. The molecule has 0 spiro atoms. The van der Waals surface area contributed by atoms with Crippen LogP contribution in [-0.4, -0.2) is 19.3 Å². The molecule has 140 valence electrons. The molecule has 0 aliphatic carbocycles. The molecule has 27 heavy (non-hydrogen) atoms. The molecule has 5 nitrogen and oxygen atoms in total. The van der Waals surface area contributed by atoms with Crippen molar-refractivity contribution in [2.45, 2.75) is 25.2 Å². The van der Waals surface area contributed by atoms with Crippen LogP contribution in [0.3, 0.4) is 0 Å². The number of hydrogen-bond donors (Lipinski definition) is 1. The van der Waals surface area contributed by atoms with Gasteiger partial charge in [-0.25, -0.2) is 18.1 Å². The Balaban J connectivity index is 1.80. The normalized spacial score (nSPS) is 11.4. The number of halogens is 1. The Morgan fingerprint density at radius 1 is 1.19 bits per heavy atom. The fourth-order valence-electron chi connectivity index (χ4n) is 2.55. The van der Waals surface area contributed by atoms with Gasteiger partial charge >= 0.3 is 0 Å². The minimum Gasteiger partial charge on any atom is -0.274 e. The second-order valence-electron chi connectivity index (χ2n) is 6.08. The van der Waals surface area contributed by atoms with Gasteiger partial charge in [0.1, 0.15) is 5.01 Å². The van der Waals surface area contributed by atoms with E-state index in [4.69, 9.17) is 0 Å². The van der Waals surface area contributed by atoms with E-state index in [2.05, 4.69) is 25.6 Å². The first-order valence-corrected chi connectivity index (χ1v) is 11.2. The van der Waals surface area contributed by atoms with Crippen LogP contribution in [0.25, 0.3) is 10.6 Å². The second kappa shape index (κ2) is 7.92. The number of aromatic nitrogens is 1. The molecule has 0 aliphatic heterocycles. The lowest BCUT2D eigenvalue weighted by Gasteiger charge is -2.10. The van der Waals surface area contributed by atoms with E-state index >= 15 is 0 Å². The summed E-state index contributed by atoms with van der Waals surface area (Å²) < 4.78 is 28.2. The Hall–Kier alpha value is -2.03. The molecule has 1 aromatic heterocycles. The highest BCUT2D eigenvalue weighted by atomic mass is 79.9. The summed E-state index contributed by atoms with van der Waals surface area (Å²) in [5.41, 5.74) is 3.29. The smallest absolute Gasteiger partial charge is 0.264 e. The molecule has 0 bridgehead atoms. The first-order chi connectivity index (χ1) is 12.8. The molecule has 0 radical (unpaired) electrons.